The van der Waals surface area contributed by atoms with Gasteiger partial charge in [0.05, 0.1) is 11.9 Å². The van der Waals surface area contributed by atoms with Gasteiger partial charge in [0.2, 0.25) is 0 Å². The van der Waals surface area contributed by atoms with Gasteiger partial charge in [0.25, 0.3) is 0 Å². The number of carbonyl (C=O) groups excluding carboxylic acids is 1. The summed E-state index contributed by atoms with van der Waals surface area (Å²) in [4.78, 5) is 12.0. The summed E-state index contributed by atoms with van der Waals surface area (Å²) in [6.45, 7) is 4.04. The minimum absolute atomic E-state index is 0.0776. The Morgan fingerprint density at radius 2 is 2.00 bits per heavy atom. The Bertz CT molecular complexity index is 502. The van der Waals surface area contributed by atoms with E-state index < -0.39 is 0 Å². The smallest absolute Gasteiger partial charge is 0.183 e. The number of ketones is 1. The Morgan fingerprint density at radius 1 is 1.29 bits per heavy atom. The van der Waals surface area contributed by atoms with Crippen LogP contribution in [0.2, 0.25) is 0 Å². The molecular formula is C13H15N3O. The van der Waals surface area contributed by atoms with Gasteiger partial charge in [-0.1, -0.05) is 37.3 Å². The van der Waals surface area contributed by atoms with Crippen LogP contribution in [-0.4, -0.2) is 20.8 Å². The van der Waals surface area contributed by atoms with Crippen LogP contribution in [0.4, 0.5) is 0 Å². The molecular weight excluding hydrogens is 214 g/mol. The molecule has 0 saturated carbocycles. The van der Waals surface area contributed by atoms with Crippen LogP contribution in [0.25, 0.3) is 5.69 Å². The molecule has 1 aromatic heterocycles. The van der Waals surface area contributed by atoms with E-state index in [0.717, 1.165) is 5.69 Å². The van der Waals surface area contributed by atoms with E-state index in [1.54, 1.807) is 4.68 Å². The predicted octanol–water partition coefficient (Wildman–Crippen LogP) is 2.50. The van der Waals surface area contributed by atoms with Gasteiger partial charge in [0, 0.05) is 6.42 Å². The highest BCUT2D eigenvalue weighted by atomic mass is 16.1. The zero-order chi connectivity index (χ0) is 12.3. The van der Waals surface area contributed by atoms with Gasteiger partial charge in [-0.3, -0.25) is 4.79 Å². The van der Waals surface area contributed by atoms with Crippen LogP contribution in [0.15, 0.2) is 36.5 Å². The van der Waals surface area contributed by atoms with Crippen molar-refractivity contribution in [3.63, 3.8) is 0 Å². The quantitative estimate of drug-likeness (QED) is 0.757. The number of aromatic nitrogens is 3. The minimum atomic E-state index is 0.0776. The van der Waals surface area contributed by atoms with Crippen LogP contribution < -0.4 is 0 Å². The van der Waals surface area contributed by atoms with E-state index >= 15 is 0 Å². The largest absolute Gasteiger partial charge is 0.292 e. The van der Waals surface area contributed by atoms with E-state index in [0.29, 0.717) is 18.0 Å². The first-order valence-electron chi connectivity index (χ1n) is 5.68. The van der Waals surface area contributed by atoms with E-state index in [-0.39, 0.29) is 5.78 Å². The molecule has 0 unspecified atom stereocenters. The molecule has 0 N–H and O–H groups in total. The maximum atomic E-state index is 12.0. The summed E-state index contributed by atoms with van der Waals surface area (Å²) >= 11 is 0. The maximum Gasteiger partial charge on any atom is 0.183 e. The lowest BCUT2D eigenvalue weighted by Gasteiger charge is -2.06. The molecule has 4 nitrogen and oxygen atoms in total. The lowest BCUT2D eigenvalue weighted by Crippen LogP contribution is -2.10. The first-order chi connectivity index (χ1) is 8.18. The Labute approximate surface area is 100 Å². The van der Waals surface area contributed by atoms with Crippen LogP contribution in [0.5, 0.6) is 0 Å². The van der Waals surface area contributed by atoms with Crippen molar-refractivity contribution in [2.24, 2.45) is 5.92 Å². The maximum absolute atomic E-state index is 12.0. The van der Waals surface area contributed by atoms with Gasteiger partial charge >= 0.3 is 0 Å². The molecule has 2 aromatic rings. The summed E-state index contributed by atoms with van der Waals surface area (Å²) in [5, 5.41) is 7.78. The summed E-state index contributed by atoms with van der Waals surface area (Å²) in [7, 11) is 0. The fourth-order valence-corrected chi connectivity index (χ4v) is 1.66. The molecule has 0 aliphatic carbocycles. The van der Waals surface area contributed by atoms with Crippen molar-refractivity contribution in [1.82, 2.24) is 15.0 Å². The van der Waals surface area contributed by atoms with Crippen LogP contribution in [-0.2, 0) is 0 Å². The number of nitrogens with zero attached hydrogens (tertiary/aromatic N) is 3. The average molecular weight is 229 g/mol. The molecule has 4 heteroatoms. The lowest BCUT2D eigenvalue weighted by atomic mass is 10.1. The molecule has 1 aromatic carbocycles. The Balaban J connectivity index is 2.32. The monoisotopic (exact) mass is 229 g/mol. The molecule has 0 saturated heterocycles. The standard InChI is InChI=1S/C13H15N3O/c1-10(2)8-13(17)12-9-14-15-16(12)11-6-4-3-5-7-11/h3-7,9-10H,8H2,1-2H3. The van der Waals surface area contributed by atoms with Gasteiger partial charge in [-0.25, -0.2) is 4.68 Å². The fourth-order valence-electron chi connectivity index (χ4n) is 1.66. The Hall–Kier alpha value is -1.97. The number of para-hydroxylation sites is 1. The van der Waals surface area contributed by atoms with Crippen molar-refractivity contribution in [3.05, 3.63) is 42.2 Å². The summed E-state index contributed by atoms with van der Waals surface area (Å²) < 4.78 is 1.59. The summed E-state index contributed by atoms with van der Waals surface area (Å²) in [6, 6.07) is 9.55. The Kier molecular flexibility index (Phi) is 3.32. The summed E-state index contributed by atoms with van der Waals surface area (Å²) in [5.74, 6) is 0.412. The van der Waals surface area contributed by atoms with Gasteiger partial charge < -0.3 is 0 Å². The van der Waals surface area contributed by atoms with Gasteiger partial charge in [0.15, 0.2) is 5.78 Å². The molecule has 2 rings (SSSR count). The van der Waals surface area contributed by atoms with Crippen molar-refractivity contribution in [3.8, 4) is 5.69 Å². The summed E-state index contributed by atoms with van der Waals surface area (Å²) in [6.07, 6.45) is 2.04. The van der Waals surface area contributed by atoms with E-state index in [4.69, 9.17) is 0 Å². The Morgan fingerprint density at radius 3 is 2.65 bits per heavy atom. The van der Waals surface area contributed by atoms with Crippen molar-refractivity contribution >= 4 is 5.78 Å². The number of Topliss-reactive ketones (excluding diaryl/α,β-unsaturated/α-hetero) is 1. The van der Waals surface area contributed by atoms with Crippen LogP contribution in [0.1, 0.15) is 30.8 Å². The van der Waals surface area contributed by atoms with Gasteiger partial charge in [-0.05, 0) is 18.1 Å². The zero-order valence-electron chi connectivity index (χ0n) is 10.00. The highest BCUT2D eigenvalue weighted by molar-refractivity contribution is 5.94. The minimum Gasteiger partial charge on any atom is -0.292 e. The molecule has 1 heterocycles. The number of hydrogen-bond acceptors (Lipinski definition) is 3. The van der Waals surface area contributed by atoms with Gasteiger partial charge in [0.1, 0.15) is 5.69 Å². The van der Waals surface area contributed by atoms with E-state index in [2.05, 4.69) is 10.3 Å². The van der Waals surface area contributed by atoms with Crippen molar-refractivity contribution in [1.29, 1.82) is 0 Å². The molecule has 0 spiro atoms. The second kappa shape index (κ2) is 4.91. The van der Waals surface area contributed by atoms with E-state index in [9.17, 15) is 4.79 Å². The highest BCUT2D eigenvalue weighted by Crippen LogP contribution is 2.12. The first kappa shape index (κ1) is 11.5. The first-order valence-corrected chi connectivity index (χ1v) is 5.68. The predicted molar refractivity (Wildman–Crippen MR) is 65.1 cm³/mol. The number of benzene rings is 1. The second-order valence-electron chi connectivity index (χ2n) is 4.39. The molecule has 0 aliphatic rings. The van der Waals surface area contributed by atoms with Crippen molar-refractivity contribution in [2.45, 2.75) is 20.3 Å². The van der Waals surface area contributed by atoms with Gasteiger partial charge in [-0.15, -0.1) is 5.10 Å². The molecule has 17 heavy (non-hydrogen) atoms. The normalized spacial score (nSPS) is 10.8. The molecule has 0 fully saturated rings. The molecule has 0 atom stereocenters. The third-order valence-electron chi connectivity index (χ3n) is 2.43. The summed E-state index contributed by atoms with van der Waals surface area (Å²) in [5.41, 5.74) is 1.40. The van der Waals surface area contributed by atoms with Crippen molar-refractivity contribution < 1.29 is 4.79 Å². The average Bonchev–Trinajstić information content (AvgIpc) is 2.78. The number of rotatable bonds is 4. The zero-order valence-corrected chi connectivity index (χ0v) is 10.00. The lowest BCUT2D eigenvalue weighted by molar-refractivity contribution is 0.0960. The number of carbonyl (C=O) groups is 1. The molecule has 88 valence electrons. The van der Waals surface area contributed by atoms with Crippen LogP contribution in [0, 0.1) is 5.92 Å². The molecule has 0 amide bonds. The van der Waals surface area contributed by atoms with Crippen molar-refractivity contribution in [2.75, 3.05) is 0 Å². The third-order valence-corrected chi connectivity index (χ3v) is 2.43. The van der Waals surface area contributed by atoms with Crippen LogP contribution in [0.3, 0.4) is 0 Å². The third kappa shape index (κ3) is 2.58. The van der Waals surface area contributed by atoms with Crippen LogP contribution >= 0.6 is 0 Å². The van der Waals surface area contributed by atoms with E-state index in [1.807, 2.05) is 44.2 Å². The molecule has 0 radical (unpaired) electrons. The SMILES string of the molecule is CC(C)CC(=O)c1cnnn1-c1ccccc1. The van der Waals surface area contributed by atoms with Gasteiger partial charge in [-0.2, -0.15) is 0 Å². The molecule has 0 bridgehead atoms. The topological polar surface area (TPSA) is 47.8 Å². The fraction of sp³-hybridized carbons (Fsp3) is 0.308. The number of hydrogen-bond donors (Lipinski definition) is 0. The second-order valence-corrected chi connectivity index (χ2v) is 4.39. The molecule has 0 aliphatic heterocycles. The van der Waals surface area contributed by atoms with E-state index in [1.165, 1.54) is 6.20 Å². The highest BCUT2D eigenvalue weighted by Gasteiger charge is 2.15.